The van der Waals surface area contributed by atoms with E-state index in [2.05, 4.69) is 10.2 Å². The van der Waals surface area contributed by atoms with Gasteiger partial charge in [-0.05, 0) is 31.6 Å². The molecule has 18 heavy (non-hydrogen) atoms. The number of rotatable bonds is 6. The number of β-amino-alcohol motifs (C(OH)–C–C–N with tert-alkyl or cyclic N) is 1. The zero-order valence-corrected chi connectivity index (χ0v) is 11.4. The highest BCUT2D eigenvalue weighted by molar-refractivity contribution is 4.87. The van der Waals surface area contributed by atoms with Gasteiger partial charge >= 0.3 is 0 Å². The summed E-state index contributed by atoms with van der Waals surface area (Å²) < 4.78 is 0. The predicted molar refractivity (Wildman–Crippen MR) is 72.5 cm³/mol. The molecular weight excluding hydrogens is 228 g/mol. The van der Waals surface area contributed by atoms with Crippen molar-refractivity contribution in [2.45, 2.75) is 50.6 Å². The van der Waals surface area contributed by atoms with Gasteiger partial charge in [0, 0.05) is 38.3 Å². The summed E-state index contributed by atoms with van der Waals surface area (Å²) in [6.45, 7) is 3.38. The van der Waals surface area contributed by atoms with E-state index in [9.17, 15) is 0 Å². The van der Waals surface area contributed by atoms with Crippen molar-refractivity contribution in [3.8, 4) is 0 Å². The summed E-state index contributed by atoms with van der Waals surface area (Å²) in [7, 11) is 0. The average Bonchev–Trinajstić information content (AvgIpc) is 2.82. The van der Waals surface area contributed by atoms with E-state index < -0.39 is 0 Å². The van der Waals surface area contributed by atoms with Crippen LogP contribution in [0.4, 0.5) is 0 Å². The van der Waals surface area contributed by atoms with Crippen LogP contribution in [0, 0.1) is 5.92 Å². The maximum atomic E-state index is 9.12. The number of hydrogen-bond donors (Lipinski definition) is 3. The van der Waals surface area contributed by atoms with Crippen LogP contribution in [0.2, 0.25) is 0 Å². The summed E-state index contributed by atoms with van der Waals surface area (Å²) >= 11 is 0. The molecule has 2 fully saturated rings. The quantitative estimate of drug-likeness (QED) is 0.651. The molecule has 106 valence electrons. The Morgan fingerprint density at radius 1 is 1.00 bits per heavy atom. The Balaban J connectivity index is 1.83. The van der Waals surface area contributed by atoms with E-state index in [1.807, 2.05) is 0 Å². The van der Waals surface area contributed by atoms with Crippen LogP contribution in [0.3, 0.4) is 0 Å². The number of likely N-dealkylation sites (tertiary alicyclic amines) is 1. The van der Waals surface area contributed by atoms with Crippen molar-refractivity contribution in [1.29, 1.82) is 0 Å². The molecule has 2 aliphatic rings. The molecule has 0 aromatic carbocycles. The molecule has 2 unspecified atom stereocenters. The van der Waals surface area contributed by atoms with E-state index in [0.29, 0.717) is 18.0 Å². The molecule has 0 aromatic rings. The third-order valence-corrected chi connectivity index (χ3v) is 4.39. The first-order valence-corrected chi connectivity index (χ1v) is 7.52. The van der Waals surface area contributed by atoms with E-state index >= 15 is 0 Å². The molecule has 2 rings (SSSR count). The molecule has 2 atom stereocenters. The first-order chi connectivity index (χ1) is 8.81. The van der Waals surface area contributed by atoms with Crippen LogP contribution in [0.1, 0.15) is 38.5 Å². The third kappa shape index (κ3) is 4.19. The lowest BCUT2D eigenvalue weighted by Gasteiger charge is -2.39. The van der Waals surface area contributed by atoms with Crippen LogP contribution in [0.25, 0.3) is 0 Å². The van der Waals surface area contributed by atoms with Crippen molar-refractivity contribution >= 4 is 0 Å². The van der Waals surface area contributed by atoms with E-state index in [4.69, 9.17) is 10.2 Å². The fraction of sp³-hybridized carbons (Fsp3) is 1.00. The Morgan fingerprint density at radius 2 is 1.78 bits per heavy atom. The van der Waals surface area contributed by atoms with E-state index in [1.165, 1.54) is 32.1 Å². The molecule has 0 radical (unpaired) electrons. The fourth-order valence-electron chi connectivity index (χ4n) is 3.57. The number of piperidine rings is 1. The third-order valence-electron chi connectivity index (χ3n) is 4.39. The number of nitrogens with zero attached hydrogens (tertiary/aromatic N) is 1. The minimum atomic E-state index is 0.238. The van der Waals surface area contributed by atoms with Gasteiger partial charge in [-0.1, -0.05) is 12.8 Å². The summed E-state index contributed by atoms with van der Waals surface area (Å²) in [5.41, 5.74) is 0. The lowest BCUT2D eigenvalue weighted by atomic mass is 9.91. The molecule has 0 aromatic heterocycles. The van der Waals surface area contributed by atoms with Gasteiger partial charge in [-0.25, -0.2) is 0 Å². The van der Waals surface area contributed by atoms with Crippen molar-refractivity contribution in [3.63, 3.8) is 0 Å². The SMILES string of the molecule is OCCC1CC(NC2CCCC2)CN(CCO)C1. The van der Waals surface area contributed by atoms with E-state index in [0.717, 1.165) is 26.1 Å². The van der Waals surface area contributed by atoms with Gasteiger partial charge in [0.25, 0.3) is 0 Å². The summed E-state index contributed by atoms with van der Waals surface area (Å²) in [6, 6.07) is 1.25. The second-order valence-corrected chi connectivity index (χ2v) is 5.94. The number of aliphatic hydroxyl groups excluding tert-OH is 2. The second-order valence-electron chi connectivity index (χ2n) is 5.94. The molecule has 0 bridgehead atoms. The molecule has 1 aliphatic carbocycles. The predicted octanol–water partition coefficient (Wildman–Crippen LogP) is 0.584. The maximum Gasteiger partial charge on any atom is 0.0558 e. The zero-order chi connectivity index (χ0) is 12.8. The molecule has 3 N–H and O–H groups in total. The van der Waals surface area contributed by atoms with Crippen molar-refractivity contribution in [2.75, 3.05) is 32.8 Å². The van der Waals surface area contributed by atoms with Crippen LogP contribution in [0.5, 0.6) is 0 Å². The number of hydrogen-bond acceptors (Lipinski definition) is 4. The molecular formula is C14H28N2O2. The number of aliphatic hydroxyl groups is 2. The standard InChI is InChI=1S/C14H28N2O2/c17-7-5-12-9-14(11-16(10-12)6-8-18)15-13-3-1-2-4-13/h12-15,17-18H,1-11H2. The summed E-state index contributed by atoms with van der Waals surface area (Å²) in [6.07, 6.45) is 7.45. The lowest BCUT2D eigenvalue weighted by molar-refractivity contribution is 0.0984. The Labute approximate surface area is 110 Å². The Morgan fingerprint density at radius 3 is 2.44 bits per heavy atom. The summed E-state index contributed by atoms with van der Waals surface area (Å²) in [5.74, 6) is 0.578. The zero-order valence-electron chi connectivity index (χ0n) is 11.4. The van der Waals surface area contributed by atoms with Gasteiger partial charge < -0.3 is 15.5 Å². The van der Waals surface area contributed by atoms with Gasteiger partial charge in [0.15, 0.2) is 0 Å². The minimum Gasteiger partial charge on any atom is -0.396 e. The Kier molecular flexibility index (Phi) is 5.89. The smallest absolute Gasteiger partial charge is 0.0558 e. The van der Waals surface area contributed by atoms with Crippen LogP contribution in [0.15, 0.2) is 0 Å². The average molecular weight is 256 g/mol. The lowest BCUT2D eigenvalue weighted by Crippen LogP contribution is -2.52. The van der Waals surface area contributed by atoms with Crippen molar-refractivity contribution in [1.82, 2.24) is 10.2 Å². The van der Waals surface area contributed by atoms with Gasteiger partial charge in [0.2, 0.25) is 0 Å². The van der Waals surface area contributed by atoms with Crippen LogP contribution in [-0.2, 0) is 0 Å². The molecule has 4 nitrogen and oxygen atoms in total. The highest BCUT2D eigenvalue weighted by Crippen LogP contribution is 2.23. The van der Waals surface area contributed by atoms with Crippen molar-refractivity contribution < 1.29 is 10.2 Å². The van der Waals surface area contributed by atoms with Crippen molar-refractivity contribution in [2.24, 2.45) is 5.92 Å². The van der Waals surface area contributed by atoms with E-state index in [-0.39, 0.29) is 13.2 Å². The maximum absolute atomic E-state index is 9.12. The fourth-order valence-corrected chi connectivity index (χ4v) is 3.57. The first-order valence-electron chi connectivity index (χ1n) is 7.52. The highest BCUT2D eigenvalue weighted by Gasteiger charge is 2.28. The van der Waals surface area contributed by atoms with Gasteiger partial charge in [-0.15, -0.1) is 0 Å². The molecule has 0 spiro atoms. The summed E-state index contributed by atoms with van der Waals surface area (Å²) in [5, 5.41) is 22.0. The first kappa shape index (κ1) is 14.3. The molecule has 1 heterocycles. The Bertz CT molecular complexity index is 218. The highest BCUT2D eigenvalue weighted by atomic mass is 16.3. The molecule has 4 heteroatoms. The van der Waals surface area contributed by atoms with Crippen LogP contribution >= 0.6 is 0 Å². The molecule has 0 amide bonds. The van der Waals surface area contributed by atoms with Gasteiger partial charge in [0.1, 0.15) is 0 Å². The number of nitrogens with one attached hydrogen (secondary N) is 1. The molecule has 1 aliphatic heterocycles. The van der Waals surface area contributed by atoms with E-state index in [1.54, 1.807) is 0 Å². The molecule has 1 saturated heterocycles. The van der Waals surface area contributed by atoms with Gasteiger partial charge in [-0.3, -0.25) is 4.90 Å². The van der Waals surface area contributed by atoms with Crippen LogP contribution < -0.4 is 5.32 Å². The minimum absolute atomic E-state index is 0.238. The largest absolute Gasteiger partial charge is 0.396 e. The summed E-state index contributed by atoms with van der Waals surface area (Å²) in [4.78, 5) is 2.34. The van der Waals surface area contributed by atoms with Crippen LogP contribution in [-0.4, -0.2) is 60.0 Å². The topological polar surface area (TPSA) is 55.7 Å². The van der Waals surface area contributed by atoms with Gasteiger partial charge in [-0.2, -0.15) is 0 Å². The monoisotopic (exact) mass is 256 g/mol. The second kappa shape index (κ2) is 7.43. The van der Waals surface area contributed by atoms with Gasteiger partial charge in [0.05, 0.1) is 6.61 Å². The Hall–Kier alpha value is -0.160. The van der Waals surface area contributed by atoms with Crippen molar-refractivity contribution in [3.05, 3.63) is 0 Å². The normalized spacial score (nSPS) is 31.0. The molecule has 1 saturated carbocycles.